The maximum atomic E-state index is 8.85. The molecule has 66 valence electrons. The number of nitrogens with two attached hydrogens (primary N) is 1. The first-order valence-electron chi connectivity index (χ1n) is 4.24. The maximum Gasteiger partial charge on any atom is 0.125 e. The highest BCUT2D eigenvalue weighted by atomic mass is 16.5. The van der Waals surface area contributed by atoms with E-state index in [2.05, 4.69) is 6.07 Å². The lowest BCUT2D eigenvalue weighted by atomic mass is 9.96. The number of hydrogen-bond acceptors (Lipinski definition) is 3. The van der Waals surface area contributed by atoms with Crippen LogP contribution in [0.4, 0.5) is 0 Å². The van der Waals surface area contributed by atoms with Gasteiger partial charge in [-0.15, -0.1) is 0 Å². The van der Waals surface area contributed by atoms with Crippen LogP contribution in [0.1, 0.15) is 23.6 Å². The van der Waals surface area contributed by atoms with Crippen LogP contribution in [0.5, 0.6) is 5.75 Å². The van der Waals surface area contributed by atoms with Crippen molar-refractivity contribution in [2.24, 2.45) is 5.73 Å². The van der Waals surface area contributed by atoms with E-state index >= 15 is 0 Å². The minimum absolute atomic E-state index is 0.0559. The predicted octanol–water partition coefficient (Wildman–Crippen LogP) is 1.34. The van der Waals surface area contributed by atoms with Gasteiger partial charge in [-0.2, -0.15) is 5.26 Å². The molecule has 0 bridgehead atoms. The largest absolute Gasteiger partial charge is 0.493 e. The van der Waals surface area contributed by atoms with Gasteiger partial charge in [-0.3, -0.25) is 0 Å². The lowest BCUT2D eigenvalue weighted by Crippen LogP contribution is -2.21. The first-order chi connectivity index (χ1) is 6.33. The summed E-state index contributed by atoms with van der Waals surface area (Å²) in [5.74, 6) is 0.762. The summed E-state index contributed by atoms with van der Waals surface area (Å²) >= 11 is 0. The predicted molar refractivity (Wildman–Crippen MR) is 48.2 cm³/mol. The van der Waals surface area contributed by atoms with Gasteiger partial charge in [-0.1, -0.05) is 6.07 Å². The van der Waals surface area contributed by atoms with Crippen LogP contribution in [0.2, 0.25) is 0 Å². The van der Waals surface area contributed by atoms with E-state index in [9.17, 15) is 0 Å². The molecule has 0 saturated heterocycles. The van der Waals surface area contributed by atoms with E-state index in [0.717, 1.165) is 17.7 Å². The number of benzene rings is 1. The lowest BCUT2D eigenvalue weighted by Gasteiger charge is -2.23. The Labute approximate surface area is 76.7 Å². The van der Waals surface area contributed by atoms with Gasteiger partial charge < -0.3 is 10.5 Å². The Hall–Kier alpha value is -1.53. The van der Waals surface area contributed by atoms with Crippen molar-refractivity contribution in [3.63, 3.8) is 0 Å². The molecule has 0 saturated carbocycles. The van der Waals surface area contributed by atoms with Gasteiger partial charge in [-0.25, -0.2) is 0 Å². The maximum absolute atomic E-state index is 8.85. The van der Waals surface area contributed by atoms with Crippen molar-refractivity contribution < 1.29 is 4.74 Å². The molecule has 1 aromatic carbocycles. The van der Waals surface area contributed by atoms with Gasteiger partial charge in [0.15, 0.2) is 0 Å². The van der Waals surface area contributed by atoms with E-state index in [1.165, 1.54) is 0 Å². The summed E-state index contributed by atoms with van der Waals surface area (Å²) in [6.07, 6.45) is 0.783. The first kappa shape index (κ1) is 8.09. The molecule has 3 nitrogen and oxygen atoms in total. The van der Waals surface area contributed by atoms with Crippen LogP contribution >= 0.6 is 0 Å². The molecule has 0 amide bonds. The van der Waals surface area contributed by atoms with Crippen molar-refractivity contribution in [2.45, 2.75) is 12.5 Å². The Balaban J connectivity index is 2.58. The molecule has 0 unspecified atom stereocenters. The summed E-state index contributed by atoms with van der Waals surface area (Å²) in [4.78, 5) is 0. The normalized spacial score (nSPS) is 19.8. The van der Waals surface area contributed by atoms with E-state index < -0.39 is 0 Å². The SMILES string of the molecule is N#Cc1cccc2c1[C@H](N)CCO2. The van der Waals surface area contributed by atoms with E-state index in [4.69, 9.17) is 15.7 Å². The Morgan fingerprint density at radius 2 is 2.38 bits per heavy atom. The van der Waals surface area contributed by atoms with Crippen LogP contribution in [0.3, 0.4) is 0 Å². The highest BCUT2D eigenvalue weighted by Crippen LogP contribution is 2.32. The van der Waals surface area contributed by atoms with E-state index in [1.54, 1.807) is 6.07 Å². The fourth-order valence-corrected chi connectivity index (χ4v) is 1.59. The second kappa shape index (κ2) is 3.08. The fraction of sp³-hybridized carbons (Fsp3) is 0.300. The summed E-state index contributed by atoms with van der Waals surface area (Å²) in [6, 6.07) is 7.51. The van der Waals surface area contributed by atoms with Crippen molar-refractivity contribution in [1.29, 1.82) is 5.26 Å². The number of nitrogens with zero attached hydrogens (tertiary/aromatic N) is 1. The zero-order chi connectivity index (χ0) is 9.26. The van der Waals surface area contributed by atoms with E-state index in [0.29, 0.717) is 12.2 Å². The highest BCUT2D eigenvalue weighted by molar-refractivity contribution is 5.49. The van der Waals surface area contributed by atoms with Gasteiger partial charge in [0, 0.05) is 18.0 Å². The molecule has 3 heteroatoms. The van der Waals surface area contributed by atoms with Crippen LogP contribution in [-0.4, -0.2) is 6.61 Å². The van der Waals surface area contributed by atoms with Crippen LogP contribution < -0.4 is 10.5 Å². The van der Waals surface area contributed by atoms with Gasteiger partial charge >= 0.3 is 0 Å². The third-order valence-corrected chi connectivity index (χ3v) is 2.24. The van der Waals surface area contributed by atoms with E-state index in [1.807, 2.05) is 12.1 Å². The Bertz CT molecular complexity index is 368. The molecule has 2 N–H and O–H groups in total. The molecule has 1 aliphatic heterocycles. The standard InChI is InChI=1S/C10H10N2O/c11-6-7-2-1-3-9-10(7)8(12)4-5-13-9/h1-3,8H,4-5,12H2/t8-/m1/s1. The van der Waals surface area contributed by atoms with E-state index in [-0.39, 0.29) is 6.04 Å². The van der Waals surface area contributed by atoms with Crippen molar-refractivity contribution in [1.82, 2.24) is 0 Å². The van der Waals surface area contributed by atoms with Crippen LogP contribution in [-0.2, 0) is 0 Å². The molecule has 0 spiro atoms. The van der Waals surface area contributed by atoms with Gasteiger partial charge in [0.1, 0.15) is 5.75 Å². The quantitative estimate of drug-likeness (QED) is 0.645. The number of ether oxygens (including phenoxy) is 1. The lowest BCUT2D eigenvalue weighted by molar-refractivity contribution is 0.268. The molecule has 0 radical (unpaired) electrons. The third-order valence-electron chi connectivity index (χ3n) is 2.24. The number of hydrogen-bond donors (Lipinski definition) is 1. The zero-order valence-corrected chi connectivity index (χ0v) is 7.16. The smallest absolute Gasteiger partial charge is 0.125 e. The minimum Gasteiger partial charge on any atom is -0.493 e. The molecule has 1 aromatic rings. The number of rotatable bonds is 0. The summed E-state index contributed by atoms with van der Waals surface area (Å²) in [5, 5.41) is 8.85. The van der Waals surface area contributed by atoms with Crippen molar-refractivity contribution in [3.8, 4) is 11.8 Å². The molecule has 13 heavy (non-hydrogen) atoms. The molecular formula is C10H10N2O. The Morgan fingerprint density at radius 3 is 3.15 bits per heavy atom. The highest BCUT2D eigenvalue weighted by Gasteiger charge is 2.20. The second-order valence-corrected chi connectivity index (χ2v) is 3.07. The zero-order valence-electron chi connectivity index (χ0n) is 7.16. The molecule has 2 rings (SSSR count). The van der Waals surface area contributed by atoms with Crippen LogP contribution in [0, 0.1) is 11.3 Å². The number of nitriles is 1. The Kier molecular flexibility index (Phi) is 1.91. The summed E-state index contributed by atoms with van der Waals surface area (Å²) < 4.78 is 5.41. The van der Waals surface area contributed by atoms with Crippen LogP contribution in [0.25, 0.3) is 0 Å². The van der Waals surface area contributed by atoms with Crippen molar-refractivity contribution >= 4 is 0 Å². The van der Waals surface area contributed by atoms with Gasteiger partial charge in [-0.05, 0) is 12.1 Å². The molecular weight excluding hydrogens is 164 g/mol. The van der Waals surface area contributed by atoms with Crippen LogP contribution in [0.15, 0.2) is 18.2 Å². The Morgan fingerprint density at radius 1 is 1.54 bits per heavy atom. The average Bonchev–Trinajstić information content (AvgIpc) is 2.17. The van der Waals surface area contributed by atoms with Gasteiger partial charge in [0.2, 0.25) is 0 Å². The summed E-state index contributed by atoms with van der Waals surface area (Å²) in [6.45, 7) is 0.642. The molecule has 0 aliphatic carbocycles. The minimum atomic E-state index is -0.0559. The molecule has 1 atom stereocenters. The second-order valence-electron chi connectivity index (χ2n) is 3.07. The summed E-state index contributed by atoms with van der Waals surface area (Å²) in [7, 11) is 0. The fourth-order valence-electron chi connectivity index (χ4n) is 1.59. The third kappa shape index (κ3) is 1.25. The molecule has 0 fully saturated rings. The number of fused-ring (bicyclic) bond motifs is 1. The van der Waals surface area contributed by atoms with Crippen molar-refractivity contribution in [2.75, 3.05) is 6.61 Å². The topological polar surface area (TPSA) is 59.0 Å². The molecule has 1 heterocycles. The molecule has 1 aliphatic rings. The van der Waals surface area contributed by atoms with Crippen molar-refractivity contribution in [3.05, 3.63) is 29.3 Å². The average molecular weight is 174 g/mol. The summed E-state index contributed by atoms with van der Waals surface area (Å²) in [5.41, 5.74) is 7.38. The monoisotopic (exact) mass is 174 g/mol. The first-order valence-corrected chi connectivity index (χ1v) is 4.24. The van der Waals surface area contributed by atoms with Gasteiger partial charge in [0.05, 0.1) is 18.2 Å². The van der Waals surface area contributed by atoms with Gasteiger partial charge in [0.25, 0.3) is 0 Å². The molecule has 0 aromatic heterocycles.